The first-order valence-electron chi connectivity index (χ1n) is 6.83. The number of hydrogen-bond acceptors (Lipinski definition) is 4. The van der Waals surface area contributed by atoms with Gasteiger partial charge in [0.25, 0.3) is 5.91 Å². The number of morpholine rings is 1. The van der Waals surface area contributed by atoms with Gasteiger partial charge in [-0.1, -0.05) is 11.6 Å². The maximum atomic E-state index is 12.8. The summed E-state index contributed by atoms with van der Waals surface area (Å²) in [6, 6.07) is 3.13. The van der Waals surface area contributed by atoms with E-state index in [0.29, 0.717) is 35.1 Å². The van der Waals surface area contributed by atoms with Gasteiger partial charge in [0.2, 0.25) is 0 Å². The number of ether oxygens (including phenoxy) is 2. The molecule has 1 atom stereocenters. The highest BCUT2D eigenvalue weighted by atomic mass is 35.5. The minimum absolute atomic E-state index is 0.0204. The normalized spacial score (nSPS) is 21.2. The average molecular weight is 313 g/mol. The van der Waals surface area contributed by atoms with Gasteiger partial charge in [-0.2, -0.15) is 0 Å². The van der Waals surface area contributed by atoms with E-state index in [1.807, 2.05) is 20.8 Å². The lowest BCUT2D eigenvalue weighted by Crippen LogP contribution is -2.53. The van der Waals surface area contributed by atoms with Crippen LogP contribution in [0.25, 0.3) is 0 Å². The van der Waals surface area contributed by atoms with Gasteiger partial charge in [0, 0.05) is 19.2 Å². The summed E-state index contributed by atoms with van der Waals surface area (Å²) in [4.78, 5) is 14.5. The smallest absolute Gasteiger partial charge is 0.257 e. The van der Waals surface area contributed by atoms with Crippen LogP contribution in [0, 0.1) is 0 Å². The third kappa shape index (κ3) is 3.41. The molecule has 0 saturated carbocycles. The summed E-state index contributed by atoms with van der Waals surface area (Å²) in [6.07, 6.45) is -0.0204. The fourth-order valence-electron chi connectivity index (χ4n) is 2.68. The molecular weight excluding hydrogens is 292 g/mol. The van der Waals surface area contributed by atoms with Crippen LogP contribution in [-0.4, -0.2) is 42.7 Å². The van der Waals surface area contributed by atoms with Gasteiger partial charge < -0.3 is 20.1 Å². The van der Waals surface area contributed by atoms with E-state index >= 15 is 0 Å². The van der Waals surface area contributed by atoms with Crippen LogP contribution in [0.1, 0.15) is 31.1 Å². The van der Waals surface area contributed by atoms with Crippen LogP contribution < -0.4 is 10.5 Å². The van der Waals surface area contributed by atoms with E-state index in [1.54, 1.807) is 17.0 Å². The SMILES string of the molecule is COc1cc(N)c(Cl)cc1C(=O)N1CC(C)OC(C)(C)C1. The van der Waals surface area contributed by atoms with Gasteiger partial charge in [0.15, 0.2) is 0 Å². The molecule has 2 rings (SSSR count). The molecule has 2 N–H and O–H groups in total. The van der Waals surface area contributed by atoms with Crippen molar-refractivity contribution in [3.05, 3.63) is 22.7 Å². The van der Waals surface area contributed by atoms with Crippen molar-refractivity contribution in [2.75, 3.05) is 25.9 Å². The minimum atomic E-state index is -0.377. The number of nitrogen functional groups attached to an aromatic ring is 1. The topological polar surface area (TPSA) is 64.8 Å². The first-order chi connectivity index (χ1) is 9.73. The lowest BCUT2D eigenvalue weighted by molar-refractivity contribution is -0.118. The fraction of sp³-hybridized carbons (Fsp3) is 0.533. The van der Waals surface area contributed by atoms with Crippen molar-refractivity contribution in [2.24, 2.45) is 0 Å². The summed E-state index contributed by atoms with van der Waals surface area (Å²) in [6.45, 7) is 6.94. The van der Waals surface area contributed by atoms with Gasteiger partial charge in [0.05, 0.1) is 35.1 Å². The summed E-state index contributed by atoms with van der Waals surface area (Å²) < 4.78 is 11.1. The summed E-state index contributed by atoms with van der Waals surface area (Å²) in [7, 11) is 1.51. The van der Waals surface area contributed by atoms with Gasteiger partial charge in [0.1, 0.15) is 5.75 Å². The quantitative estimate of drug-likeness (QED) is 0.852. The Bertz CT molecular complexity index is 560. The number of nitrogens with zero attached hydrogens (tertiary/aromatic N) is 1. The fourth-order valence-corrected chi connectivity index (χ4v) is 2.85. The molecule has 21 heavy (non-hydrogen) atoms. The van der Waals surface area contributed by atoms with Crippen molar-refractivity contribution >= 4 is 23.2 Å². The van der Waals surface area contributed by atoms with Gasteiger partial charge >= 0.3 is 0 Å². The number of amides is 1. The monoisotopic (exact) mass is 312 g/mol. The molecule has 0 aliphatic carbocycles. The van der Waals surface area contributed by atoms with Crippen LogP contribution in [0.4, 0.5) is 5.69 Å². The standard InChI is InChI=1S/C15H21ClN2O3/c1-9-7-18(8-15(2,3)21-9)14(19)10-5-11(16)12(17)6-13(10)20-4/h5-6,9H,7-8,17H2,1-4H3. The lowest BCUT2D eigenvalue weighted by atomic mass is 10.0. The van der Waals surface area contributed by atoms with E-state index in [2.05, 4.69) is 0 Å². The number of halogens is 1. The number of anilines is 1. The maximum Gasteiger partial charge on any atom is 0.257 e. The van der Waals surface area contributed by atoms with Crippen molar-refractivity contribution in [2.45, 2.75) is 32.5 Å². The molecule has 0 aromatic heterocycles. The largest absolute Gasteiger partial charge is 0.496 e. The van der Waals surface area contributed by atoms with Gasteiger partial charge in [-0.05, 0) is 26.8 Å². The molecule has 1 unspecified atom stereocenters. The summed E-state index contributed by atoms with van der Waals surface area (Å²) in [5.41, 5.74) is 6.18. The molecule has 5 nitrogen and oxygen atoms in total. The Morgan fingerprint density at radius 3 is 2.76 bits per heavy atom. The number of nitrogens with two attached hydrogens (primary N) is 1. The minimum Gasteiger partial charge on any atom is -0.496 e. The Labute approximate surface area is 130 Å². The second kappa shape index (κ2) is 5.73. The molecule has 116 valence electrons. The number of rotatable bonds is 2. The number of benzene rings is 1. The highest BCUT2D eigenvalue weighted by molar-refractivity contribution is 6.33. The van der Waals surface area contributed by atoms with Gasteiger partial charge in [-0.15, -0.1) is 0 Å². The van der Waals surface area contributed by atoms with E-state index in [-0.39, 0.29) is 17.6 Å². The van der Waals surface area contributed by atoms with Crippen molar-refractivity contribution in [3.63, 3.8) is 0 Å². The molecule has 1 heterocycles. The molecule has 1 aromatic rings. The Morgan fingerprint density at radius 1 is 1.52 bits per heavy atom. The molecule has 1 aliphatic rings. The molecule has 1 saturated heterocycles. The first kappa shape index (κ1) is 15.9. The third-order valence-electron chi connectivity index (χ3n) is 3.41. The van der Waals surface area contributed by atoms with E-state index in [9.17, 15) is 4.79 Å². The molecule has 1 aliphatic heterocycles. The number of carbonyl (C=O) groups is 1. The van der Waals surface area contributed by atoms with Gasteiger partial charge in [-0.3, -0.25) is 4.79 Å². The van der Waals surface area contributed by atoms with E-state index < -0.39 is 0 Å². The molecule has 0 spiro atoms. The molecule has 6 heteroatoms. The average Bonchev–Trinajstić information content (AvgIpc) is 2.38. The van der Waals surface area contributed by atoms with E-state index in [4.69, 9.17) is 26.8 Å². The van der Waals surface area contributed by atoms with Crippen LogP contribution in [0.15, 0.2) is 12.1 Å². The second-order valence-electron chi connectivity index (χ2n) is 5.95. The Morgan fingerprint density at radius 2 is 2.19 bits per heavy atom. The molecule has 1 fully saturated rings. The highest BCUT2D eigenvalue weighted by Crippen LogP contribution is 2.31. The van der Waals surface area contributed by atoms with Crippen LogP contribution >= 0.6 is 11.6 Å². The molecule has 0 bridgehead atoms. The summed E-state index contributed by atoms with van der Waals surface area (Å²) in [5, 5.41) is 0.347. The van der Waals surface area contributed by atoms with Gasteiger partial charge in [-0.25, -0.2) is 0 Å². The zero-order valence-corrected chi connectivity index (χ0v) is 13.5. The van der Waals surface area contributed by atoms with Crippen molar-refractivity contribution in [1.29, 1.82) is 0 Å². The summed E-state index contributed by atoms with van der Waals surface area (Å²) in [5.74, 6) is 0.302. The zero-order valence-electron chi connectivity index (χ0n) is 12.8. The third-order valence-corrected chi connectivity index (χ3v) is 3.73. The maximum absolute atomic E-state index is 12.8. The molecular formula is C15H21ClN2O3. The zero-order chi connectivity index (χ0) is 15.8. The molecule has 1 amide bonds. The number of carbonyl (C=O) groups excluding carboxylic acids is 1. The Kier molecular flexibility index (Phi) is 4.35. The summed E-state index contributed by atoms with van der Waals surface area (Å²) >= 11 is 6.03. The number of hydrogen-bond donors (Lipinski definition) is 1. The molecule has 0 radical (unpaired) electrons. The van der Waals surface area contributed by atoms with E-state index in [0.717, 1.165) is 0 Å². The predicted octanol–water partition coefficient (Wildman–Crippen LogP) is 2.57. The van der Waals surface area contributed by atoms with Crippen molar-refractivity contribution in [3.8, 4) is 5.75 Å². The van der Waals surface area contributed by atoms with Crippen LogP contribution in [0.5, 0.6) is 5.75 Å². The van der Waals surface area contributed by atoms with Crippen LogP contribution in [-0.2, 0) is 4.74 Å². The second-order valence-corrected chi connectivity index (χ2v) is 6.36. The van der Waals surface area contributed by atoms with E-state index in [1.165, 1.54) is 7.11 Å². The van der Waals surface area contributed by atoms with Crippen LogP contribution in [0.3, 0.4) is 0 Å². The Balaban J connectivity index is 2.33. The highest BCUT2D eigenvalue weighted by Gasteiger charge is 2.35. The van der Waals surface area contributed by atoms with Crippen LogP contribution in [0.2, 0.25) is 5.02 Å². The number of methoxy groups -OCH3 is 1. The first-order valence-corrected chi connectivity index (χ1v) is 7.21. The Hall–Kier alpha value is -1.46. The van der Waals surface area contributed by atoms with Crippen molar-refractivity contribution in [1.82, 2.24) is 4.90 Å². The molecule has 1 aromatic carbocycles. The lowest BCUT2D eigenvalue weighted by Gasteiger charge is -2.41. The predicted molar refractivity (Wildman–Crippen MR) is 82.9 cm³/mol. The van der Waals surface area contributed by atoms with Crippen molar-refractivity contribution < 1.29 is 14.3 Å².